The Morgan fingerprint density at radius 3 is 3.00 bits per heavy atom. The minimum Gasteiger partial charge on any atom is -0.489 e. The summed E-state index contributed by atoms with van der Waals surface area (Å²) in [7, 11) is 0. The van der Waals surface area contributed by atoms with Gasteiger partial charge in [0, 0.05) is 12.6 Å². The number of aryl methyl sites for hydroxylation is 1. The number of aliphatic imine (C=N–C) groups is 1. The number of likely N-dealkylation sites (tertiary alicyclic amines) is 1. The van der Waals surface area contributed by atoms with Crippen molar-refractivity contribution >= 4 is 5.96 Å². The van der Waals surface area contributed by atoms with Gasteiger partial charge in [-0.05, 0) is 51.4 Å². The maximum Gasteiger partial charge on any atom is 0.188 e. The van der Waals surface area contributed by atoms with Gasteiger partial charge in [0.2, 0.25) is 0 Å². The Morgan fingerprint density at radius 2 is 2.26 bits per heavy atom. The SMILES string of the molecule is CCN1CCCC1CNC(N)=NCC(C)Oc1ccccc1C. The first-order chi connectivity index (χ1) is 11.1. The van der Waals surface area contributed by atoms with Gasteiger partial charge in [0.1, 0.15) is 11.9 Å². The monoisotopic (exact) mass is 318 g/mol. The second kappa shape index (κ2) is 8.77. The molecule has 0 bridgehead atoms. The molecule has 2 unspecified atom stereocenters. The second-order valence-corrected chi connectivity index (χ2v) is 6.23. The van der Waals surface area contributed by atoms with Crippen molar-refractivity contribution in [2.24, 2.45) is 10.7 Å². The van der Waals surface area contributed by atoms with Crippen LogP contribution in [0.4, 0.5) is 0 Å². The molecule has 5 nitrogen and oxygen atoms in total. The van der Waals surface area contributed by atoms with E-state index >= 15 is 0 Å². The fraction of sp³-hybridized carbons (Fsp3) is 0.611. The van der Waals surface area contributed by atoms with Crippen LogP contribution in [0.25, 0.3) is 0 Å². The molecular weight excluding hydrogens is 288 g/mol. The number of rotatable bonds is 7. The lowest BCUT2D eigenvalue weighted by Gasteiger charge is -2.23. The molecule has 1 aromatic rings. The van der Waals surface area contributed by atoms with E-state index in [1.165, 1.54) is 19.4 Å². The number of nitrogens with two attached hydrogens (primary N) is 1. The van der Waals surface area contributed by atoms with Crippen molar-refractivity contribution in [3.63, 3.8) is 0 Å². The fourth-order valence-electron chi connectivity index (χ4n) is 2.99. The molecule has 1 aromatic carbocycles. The van der Waals surface area contributed by atoms with E-state index in [1.807, 2.05) is 38.1 Å². The third-order valence-corrected chi connectivity index (χ3v) is 4.36. The van der Waals surface area contributed by atoms with Crippen LogP contribution in [0.2, 0.25) is 0 Å². The Hall–Kier alpha value is -1.75. The van der Waals surface area contributed by atoms with Crippen molar-refractivity contribution in [2.75, 3.05) is 26.2 Å². The van der Waals surface area contributed by atoms with Gasteiger partial charge in [-0.15, -0.1) is 0 Å². The first-order valence-electron chi connectivity index (χ1n) is 8.60. The van der Waals surface area contributed by atoms with Crippen molar-refractivity contribution in [1.82, 2.24) is 10.2 Å². The molecule has 23 heavy (non-hydrogen) atoms. The number of nitrogens with one attached hydrogen (secondary N) is 1. The zero-order valence-corrected chi connectivity index (χ0v) is 14.6. The number of hydrogen-bond donors (Lipinski definition) is 2. The average molecular weight is 318 g/mol. The minimum atomic E-state index is -0.00456. The minimum absolute atomic E-state index is 0.00456. The third-order valence-electron chi connectivity index (χ3n) is 4.36. The normalized spacial score (nSPS) is 20.5. The smallest absolute Gasteiger partial charge is 0.188 e. The molecule has 1 aliphatic rings. The van der Waals surface area contributed by atoms with Crippen molar-refractivity contribution in [1.29, 1.82) is 0 Å². The summed E-state index contributed by atoms with van der Waals surface area (Å²) in [5.41, 5.74) is 7.11. The van der Waals surface area contributed by atoms with E-state index in [1.54, 1.807) is 0 Å². The lowest BCUT2D eigenvalue weighted by atomic mass is 10.2. The number of guanidine groups is 1. The Labute approximate surface area is 139 Å². The standard InChI is InChI=1S/C18H30N4O/c1-4-22-11-7-9-16(22)13-21-18(19)20-12-15(3)23-17-10-6-5-8-14(17)2/h5-6,8,10,15-16H,4,7,9,11-13H2,1-3H3,(H3,19,20,21). The van der Waals surface area contributed by atoms with Crippen molar-refractivity contribution in [2.45, 2.75) is 45.8 Å². The Bertz CT molecular complexity index is 517. The Kier molecular flexibility index (Phi) is 6.71. The number of ether oxygens (including phenoxy) is 1. The molecule has 0 aliphatic carbocycles. The number of hydrogen-bond acceptors (Lipinski definition) is 3. The predicted octanol–water partition coefficient (Wildman–Crippen LogP) is 2.15. The van der Waals surface area contributed by atoms with Gasteiger partial charge in [0.05, 0.1) is 6.54 Å². The fourth-order valence-corrected chi connectivity index (χ4v) is 2.99. The van der Waals surface area contributed by atoms with E-state index in [4.69, 9.17) is 10.5 Å². The van der Waals surface area contributed by atoms with E-state index in [0.29, 0.717) is 18.5 Å². The molecule has 1 saturated heterocycles. The van der Waals surface area contributed by atoms with Gasteiger partial charge in [-0.25, -0.2) is 4.99 Å². The summed E-state index contributed by atoms with van der Waals surface area (Å²) in [6, 6.07) is 8.60. The Balaban J connectivity index is 1.74. The summed E-state index contributed by atoms with van der Waals surface area (Å²) in [5.74, 6) is 1.42. The van der Waals surface area contributed by atoms with Crippen LogP contribution in [-0.4, -0.2) is 49.2 Å². The van der Waals surface area contributed by atoms with E-state index < -0.39 is 0 Å². The highest BCUT2D eigenvalue weighted by Gasteiger charge is 2.22. The first-order valence-corrected chi connectivity index (χ1v) is 8.60. The van der Waals surface area contributed by atoms with Crippen molar-refractivity contribution in [3.8, 4) is 5.75 Å². The second-order valence-electron chi connectivity index (χ2n) is 6.23. The number of para-hydroxylation sites is 1. The largest absolute Gasteiger partial charge is 0.489 e. The molecule has 0 radical (unpaired) electrons. The molecule has 5 heteroatoms. The van der Waals surface area contributed by atoms with Gasteiger partial charge < -0.3 is 15.8 Å². The van der Waals surface area contributed by atoms with Crippen LogP contribution in [-0.2, 0) is 0 Å². The van der Waals surface area contributed by atoms with Gasteiger partial charge in [-0.2, -0.15) is 0 Å². The van der Waals surface area contributed by atoms with Gasteiger partial charge in [-0.1, -0.05) is 25.1 Å². The molecule has 0 amide bonds. The van der Waals surface area contributed by atoms with E-state index in [0.717, 1.165) is 24.4 Å². The molecule has 3 N–H and O–H groups in total. The highest BCUT2D eigenvalue weighted by atomic mass is 16.5. The highest BCUT2D eigenvalue weighted by Crippen LogP contribution is 2.18. The van der Waals surface area contributed by atoms with E-state index in [9.17, 15) is 0 Å². The average Bonchev–Trinajstić information content (AvgIpc) is 3.00. The number of benzene rings is 1. The lowest BCUT2D eigenvalue weighted by molar-refractivity contribution is 0.228. The molecule has 128 valence electrons. The molecular formula is C18H30N4O. The molecule has 0 saturated carbocycles. The number of nitrogens with zero attached hydrogens (tertiary/aromatic N) is 2. The van der Waals surface area contributed by atoms with Gasteiger partial charge in [0.15, 0.2) is 5.96 Å². The molecule has 2 rings (SSSR count). The van der Waals surface area contributed by atoms with Crippen molar-refractivity contribution < 1.29 is 4.74 Å². The van der Waals surface area contributed by atoms with Crippen LogP contribution in [0, 0.1) is 6.92 Å². The van der Waals surface area contributed by atoms with Crippen LogP contribution in [0.1, 0.15) is 32.3 Å². The summed E-state index contributed by atoms with van der Waals surface area (Å²) < 4.78 is 5.91. The topological polar surface area (TPSA) is 62.9 Å². The maximum absolute atomic E-state index is 5.98. The summed E-state index contributed by atoms with van der Waals surface area (Å²) in [6.07, 6.45) is 2.51. The van der Waals surface area contributed by atoms with E-state index in [-0.39, 0.29) is 6.10 Å². The molecule has 2 atom stereocenters. The molecule has 0 spiro atoms. The molecule has 1 fully saturated rings. The third kappa shape index (κ3) is 5.43. The quantitative estimate of drug-likeness (QED) is 0.597. The number of likely N-dealkylation sites (N-methyl/N-ethyl adjacent to an activating group) is 1. The van der Waals surface area contributed by atoms with Crippen LogP contribution < -0.4 is 15.8 Å². The summed E-state index contributed by atoms with van der Waals surface area (Å²) in [6.45, 7) is 9.99. The van der Waals surface area contributed by atoms with Gasteiger partial charge in [-0.3, -0.25) is 4.90 Å². The van der Waals surface area contributed by atoms with Crippen LogP contribution in [0.15, 0.2) is 29.3 Å². The van der Waals surface area contributed by atoms with Crippen LogP contribution in [0.3, 0.4) is 0 Å². The van der Waals surface area contributed by atoms with Gasteiger partial charge >= 0.3 is 0 Å². The summed E-state index contributed by atoms with van der Waals surface area (Å²) in [5, 5.41) is 3.25. The summed E-state index contributed by atoms with van der Waals surface area (Å²) in [4.78, 5) is 6.89. The summed E-state index contributed by atoms with van der Waals surface area (Å²) >= 11 is 0. The van der Waals surface area contributed by atoms with Crippen molar-refractivity contribution in [3.05, 3.63) is 29.8 Å². The van der Waals surface area contributed by atoms with E-state index in [2.05, 4.69) is 22.1 Å². The zero-order valence-electron chi connectivity index (χ0n) is 14.6. The highest BCUT2D eigenvalue weighted by molar-refractivity contribution is 5.77. The van der Waals surface area contributed by atoms with Crippen LogP contribution >= 0.6 is 0 Å². The lowest BCUT2D eigenvalue weighted by Crippen LogP contribution is -2.43. The zero-order chi connectivity index (χ0) is 16.7. The van der Waals surface area contributed by atoms with Crippen LogP contribution in [0.5, 0.6) is 5.75 Å². The van der Waals surface area contributed by atoms with Gasteiger partial charge in [0.25, 0.3) is 0 Å². The molecule has 1 aliphatic heterocycles. The maximum atomic E-state index is 5.98. The Morgan fingerprint density at radius 1 is 1.48 bits per heavy atom. The molecule has 0 aromatic heterocycles. The molecule has 1 heterocycles. The predicted molar refractivity (Wildman–Crippen MR) is 96.0 cm³/mol. The first kappa shape index (κ1) is 17.6.